The third-order valence-electron chi connectivity index (χ3n) is 5.40. The monoisotopic (exact) mass is 428 g/mol. The summed E-state index contributed by atoms with van der Waals surface area (Å²) in [6.07, 6.45) is 3.24. The van der Waals surface area contributed by atoms with Crippen molar-refractivity contribution in [3.63, 3.8) is 0 Å². The van der Waals surface area contributed by atoms with Gasteiger partial charge < -0.3 is 14.2 Å². The van der Waals surface area contributed by atoms with Crippen molar-refractivity contribution in [2.24, 2.45) is 0 Å². The molecule has 156 valence electrons. The first kappa shape index (κ1) is 20.4. The number of fused-ring (bicyclic) bond motifs is 1. The van der Waals surface area contributed by atoms with E-state index in [0.717, 1.165) is 37.9 Å². The third-order valence-corrected chi connectivity index (χ3v) is 5.72. The Kier molecular flexibility index (Phi) is 5.77. The van der Waals surface area contributed by atoms with Crippen molar-refractivity contribution in [2.45, 2.75) is 25.8 Å². The predicted molar refractivity (Wildman–Crippen MR) is 115 cm³/mol. The van der Waals surface area contributed by atoms with E-state index in [-0.39, 0.29) is 11.1 Å². The van der Waals surface area contributed by atoms with Gasteiger partial charge in [0.05, 0.1) is 5.02 Å². The average Bonchev–Trinajstić information content (AvgIpc) is 2.73. The van der Waals surface area contributed by atoms with E-state index >= 15 is 0 Å². The van der Waals surface area contributed by atoms with E-state index in [0.29, 0.717) is 28.6 Å². The number of nitrogens with zero attached hydrogens (tertiary/aromatic N) is 2. The molecular formula is C23H22ClFN2O3. The zero-order valence-electron chi connectivity index (χ0n) is 16.7. The number of benzene rings is 2. The lowest BCUT2D eigenvalue weighted by Crippen LogP contribution is -2.43. The zero-order chi connectivity index (χ0) is 21.3. The van der Waals surface area contributed by atoms with E-state index in [4.69, 9.17) is 16.0 Å². The first-order valence-corrected chi connectivity index (χ1v) is 10.3. The van der Waals surface area contributed by atoms with Crippen LogP contribution in [0.25, 0.3) is 22.1 Å². The molecule has 0 atom stereocenters. The summed E-state index contributed by atoms with van der Waals surface area (Å²) in [7, 11) is 1.77. The van der Waals surface area contributed by atoms with Crippen LogP contribution in [-0.2, 0) is 6.54 Å². The first-order chi connectivity index (χ1) is 14.4. The molecule has 0 unspecified atom stereocenters. The first-order valence-electron chi connectivity index (χ1n) is 9.94. The molecule has 2 amide bonds. The van der Waals surface area contributed by atoms with Crippen LogP contribution in [0.3, 0.4) is 0 Å². The van der Waals surface area contributed by atoms with Crippen LogP contribution in [0.1, 0.15) is 24.8 Å². The van der Waals surface area contributed by atoms with Crippen LogP contribution >= 0.6 is 11.6 Å². The molecule has 0 radical (unpaired) electrons. The minimum atomic E-state index is -0.521. The van der Waals surface area contributed by atoms with Gasteiger partial charge in [-0.3, -0.25) is 0 Å². The molecule has 2 heterocycles. The summed E-state index contributed by atoms with van der Waals surface area (Å²) in [5, 5.41) is 0.912. The molecule has 1 aliphatic heterocycles. The second kappa shape index (κ2) is 8.48. The topological polar surface area (TPSA) is 53.8 Å². The lowest BCUT2D eigenvalue weighted by molar-refractivity contribution is 0.151. The highest BCUT2D eigenvalue weighted by atomic mass is 35.5. The Labute approximate surface area is 178 Å². The molecule has 1 aromatic heterocycles. The van der Waals surface area contributed by atoms with Crippen molar-refractivity contribution in [3.05, 3.63) is 69.3 Å². The molecule has 1 fully saturated rings. The number of carbonyl (C=O) groups is 1. The van der Waals surface area contributed by atoms with E-state index in [1.807, 2.05) is 17.0 Å². The molecule has 30 heavy (non-hydrogen) atoms. The van der Waals surface area contributed by atoms with Crippen LogP contribution < -0.4 is 5.63 Å². The van der Waals surface area contributed by atoms with Crippen LogP contribution in [0.5, 0.6) is 0 Å². The van der Waals surface area contributed by atoms with Crippen LogP contribution in [0.4, 0.5) is 9.18 Å². The molecule has 0 spiro atoms. The molecule has 0 saturated carbocycles. The highest BCUT2D eigenvalue weighted by Crippen LogP contribution is 2.33. The smallest absolute Gasteiger partial charge is 0.336 e. The van der Waals surface area contributed by atoms with Crippen molar-refractivity contribution < 1.29 is 13.6 Å². The van der Waals surface area contributed by atoms with E-state index in [2.05, 4.69) is 0 Å². The van der Waals surface area contributed by atoms with Gasteiger partial charge in [-0.05, 0) is 49.1 Å². The number of likely N-dealkylation sites (tertiary alicyclic amines) is 1. The van der Waals surface area contributed by atoms with Gasteiger partial charge in [-0.25, -0.2) is 14.0 Å². The molecule has 2 aromatic carbocycles. The molecule has 0 aliphatic carbocycles. The van der Waals surface area contributed by atoms with Gasteiger partial charge in [-0.1, -0.05) is 23.7 Å². The number of hydrogen-bond acceptors (Lipinski definition) is 3. The van der Waals surface area contributed by atoms with Gasteiger partial charge in [0.2, 0.25) is 0 Å². The predicted octanol–water partition coefficient (Wildman–Crippen LogP) is 5.29. The summed E-state index contributed by atoms with van der Waals surface area (Å²) in [5.41, 5.74) is 1.86. The van der Waals surface area contributed by atoms with E-state index in [1.54, 1.807) is 24.1 Å². The number of carbonyl (C=O) groups excluding carboxylic acids is 1. The maximum atomic E-state index is 13.4. The molecule has 0 N–H and O–H groups in total. The zero-order valence-corrected chi connectivity index (χ0v) is 17.4. The fraction of sp³-hybridized carbons (Fsp3) is 0.304. The Morgan fingerprint density at radius 2 is 1.87 bits per heavy atom. The fourth-order valence-electron chi connectivity index (χ4n) is 3.90. The number of amides is 2. The Morgan fingerprint density at radius 1 is 1.10 bits per heavy atom. The standard InChI is InChI=1S/C23H22ClFN2O3/c1-26(23(29)27-9-3-2-4-10-27)14-15-5-7-18-19(13-22(28)30-21(18)11-15)17-8-6-16(25)12-20(17)24/h5-8,11-13H,2-4,9-10,14H2,1H3. The van der Waals surface area contributed by atoms with E-state index < -0.39 is 11.4 Å². The molecule has 1 saturated heterocycles. The Bertz CT molecular complexity index is 1150. The summed E-state index contributed by atoms with van der Waals surface area (Å²) in [5.74, 6) is -0.445. The molecule has 7 heteroatoms. The number of urea groups is 1. The minimum Gasteiger partial charge on any atom is -0.423 e. The van der Waals surface area contributed by atoms with Gasteiger partial charge >= 0.3 is 11.7 Å². The second-order valence-corrected chi connectivity index (χ2v) is 8.03. The minimum absolute atomic E-state index is 0.00287. The maximum Gasteiger partial charge on any atom is 0.336 e. The van der Waals surface area contributed by atoms with Crippen molar-refractivity contribution in [3.8, 4) is 11.1 Å². The second-order valence-electron chi connectivity index (χ2n) is 7.62. The molecule has 3 aromatic rings. The fourth-order valence-corrected chi connectivity index (χ4v) is 4.17. The number of halogens is 2. The molecule has 4 rings (SSSR count). The summed E-state index contributed by atoms with van der Waals surface area (Å²) >= 11 is 6.20. The normalized spacial score (nSPS) is 14.2. The van der Waals surface area contributed by atoms with Gasteiger partial charge in [0.25, 0.3) is 0 Å². The highest BCUT2D eigenvalue weighted by molar-refractivity contribution is 6.33. The Morgan fingerprint density at radius 3 is 2.60 bits per heavy atom. The lowest BCUT2D eigenvalue weighted by Gasteiger charge is -2.31. The lowest BCUT2D eigenvalue weighted by atomic mass is 10.0. The summed E-state index contributed by atoms with van der Waals surface area (Å²) in [4.78, 5) is 28.4. The van der Waals surface area contributed by atoms with Crippen LogP contribution in [-0.4, -0.2) is 36.0 Å². The summed E-state index contributed by atoms with van der Waals surface area (Å²) in [6.45, 7) is 1.98. The molecular weight excluding hydrogens is 407 g/mol. The highest BCUT2D eigenvalue weighted by Gasteiger charge is 2.20. The van der Waals surface area contributed by atoms with E-state index in [9.17, 15) is 14.0 Å². The number of hydrogen-bond donors (Lipinski definition) is 0. The summed E-state index contributed by atoms with van der Waals surface area (Å²) < 4.78 is 18.8. The van der Waals surface area contributed by atoms with Crippen molar-refractivity contribution >= 4 is 28.6 Å². The van der Waals surface area contributed by atoms with E-state index in [1.165, 1.54) is 18.2 Å². The maximum absolute atomic E-state index is 13.4. The van der Waals surface area contributed by atoms with Crippen LogP contribution in [0.2, 0.25) is 5.02 Å². The van der Waals surface area contributed by atoms with Gasteiger partial charge in [-0.15, -0.1) is 0 Å². The average molecular weight is 429 g/mol. The number of piperidine rings is 1. The SMILES string of the molecule is CN(Cc1ccc2c(-c3ccc(F)cc3Cl)cc(=O)oc2c1)C(=O)N1CCCCC1. The van der Waals surface area contributed by atoms with Crippen LogP contribution in [0.15, 0.2) is 51.7 Å². The van der Waals surface area contributed by atoms with Gasteiger partial charge in [0, 0.05) is 49.3 Å². The largest absolute Gasteiger partial charge is 0.423 e. The van der Waals surface area contributed by atoms with Crippen molar-refractivity contribution in [1.82, 2.24) is 9.80 Å². The molecule has 5 nitrogen and oxygen atoms in total. The summed E-state index contributed by atoms with van der Waals surface area (Å²) in [6, 6.07) is 10.9. The Hall–Kier alpha value is -2.86. The third kappa shape index (κ3) is 4.19. The Balaban J connectivity index is 1.64. The number of rotatable bonds is 3. The van der Waals surface area contributed by atoms with Gasteiger partial charge in [-0.2, -0.15) is 0 Å². The molecule has 0 bridgehead atoms. The van der Waals surface area contributed by atoms with Crippen molar-refractivity contribution in [2.75, 3.05) is 20.1 Å². The van der Waals surface area contributed by atoms with Crippen LogP contribution in [0, 0.1) is 5.82 Å². The van der Waals surface area contributed by atoms with Crippen molar-refractivity contribution in [1.29, 1.82) is 0 Å². The molecule has 1 aliphatic rings. The van der Waals surface area contributed by atoms with Gasteiger partial charge in [0.15, 0.2) is 0 Å². The van der Waals surface area contributed by atoms with Gasteiger partial charge in [0.1, 0.15) is 11.4 Å². The quantitative estimate of drug-likeness (QED) is 0.532.